The molecule has 2 aliphatic carbocycles. The molecule has 274 valence electrons. The van der Waals surface area contributed by atoms with Crippen molar-refractivity contribution in [2.45, 2.75) is 24.2 Å². The average Bonchev–Trinajstić information content (AvgIpc) is 3.56. The molecule has 0 aromatic heterocycles. The van der Waals surface area contributed by atoms with Gasteiger partial charge in [0, 0.05) is 16.5 Å². The molecule has 4 amide bonds. The molecule has 54 heavy (non-hydrogen) atoms. The molecule has 2 saturated heterocycles. The highest BCUT2D eigenvalue weighted by Gasteiger charge is 2.70. The average molecular weight is 750 g/mol. The maximum absolute atomic E-state index is 15.3. The molecule has 0 bridgehead atoms. The molecule has 3 fully saturated rings. The van der Waals surface area contributed by atoms with Crippen LogP contribution in [-0.4, -0.2) is 64.1 Å². The van der Waals surface area contributed by atoms with Crippen LogP contribution < -0.4 is 20.5 Å². The van der Waals surface area contributed by atoms with Crippen LogP contribution in [0.3, 0.4) is 0 Å². The number of amides is 4. The number of nitrogens with one attached hydrogen (secondary N) is 1. The van der Waals surface area contributed by atoms with Gasteiger partial charge in [-0.1, -0.05) is 65.7 Å². The third kappa shape index (κ3) is 5.53. The van der Waals surface area contributed by atoms with Gasteiger partial charge in [-0.3, -0.25) is 29.5 Å². The maximum Gasteiger partial charge on any atom is 0.488 e. The number of hydrogen-bond acceptors (Lipinski definition) is 9. The van der Waals surface area contributed by atoms with E-state index in [-0.39, 0.29) is 37.2 Å². The standard InChI is InChI=1S/C40H34BClFN3O8/c42-24-10-8-22(9-11-24)40-32(37(49)46(39(40)51)44-26-14-12-25(43)13-15-26)21-31-28(35(40)29-6-1-2-7-33(29)54-19-18-47)16-17-30-34(31)38(50)45(36(30)48)27-5-3-4-23(20-27)41(52)53/h1-16,20,30-32,34-35,44,47,52-53H,17-19,21H2/t30-,31+,32-,34-,35+,40+/m0/s1. The number of nitrogens with zero attached hydrogens (tertiary/aromatic N) is 2. The fourth-order valence-electron chi connectivity index (χ4n) is 9.08. The molecular weight excluding hydrogens is 716 g/mol. The van der Waals surface area contributed by atoms with Gasteiger partial charge in [0.15, 0.2) is 0 Å². The fraction of sp³-hybridized carbons (Fsp3) is 0.250. The van der Waals surface area contributed by atoms with Gasteiger partial charge in [0.1, 0.15) is 18.2 Å². The number of allylic oxidation sites excluding steroid dienone is 2. The van der Waals surface area contributed by atoms with Crippen molar-refractivity contribution < 1.29 is 43.5 Å². The molecule has 6 atom stereocenters. The van der Waals surface area contributed by atoms with E-state index in [9.17, 15) is 33.9 Å². The number of para-hydroxylation sites is 1. The molecule has 4 aromatic carbocycles. The van der Waals surface area contributed by atoms with Gasteiger partial charge in [-0.15, -0.1) is 0 Å². The van der Waals surface area contributed by atoms with E-state index in [0.29, 0.717) is 33.2 Å². The van der Waals surface area contributed by atoms with E-state index in [1.54, 1.807) is 54.6 Å². The second-order valence-electron chi connectivity index (χ2n) is 14.0. The number of ether oxygens (including phenoxy) is 1. The number of aliphatic hydroxyl groups is 1. The number of anilines is 2. The van der Waals surface area contributed by atoms with Gasteiger partial charge in [0.2, 0.25) is 11.8 Å². The zero-order chi connectivity index (χ0) is 37.9. The van der Waals surface area contributed by atoms with Crippen LogP contribution >= 0.6 is 11.6 Å². The highest BCUT2D eigenvalue weighted by Crippen LogP contribution is 2.65. The minimum absolute atomic E-state index is 0.0280. The monoisotopic (exact) mass is 749 g/mol. The summed E-state index contributed by atoms with van der Waals surface area (Å²) in [5.41, 5.74) is 3.64. The normalized spacial score (nSPS) is 25.9. The molecule has 4 aliphatic rings. The highest BCUT2D eigenvalue weighted by atomic mass is 35.5. The van der Waals surface area contributed by atoms with Gasteiger partial charge in [-0.05, 0) is 84.4 Å². The third-order valence-corrected chi connectivity index (χ3v) is 11.5. The Morgan fingerprint density at radius 1 is 0.889 bits per heavy atom. The number of hydrazine groups is 1. The van der Waals surface area contributed by atoms with Crippen molar-refractivity contribution in [1.29, 1.82) is 0 Å². The molecule has 1 saturated carbocycles. The first-order valence-electron chi connectivity index (χ1n) is 17.6. The highest BCUT2D eigenvalue weighted by molar-refractivity contribution is 6.58. The van der Waals surface area contributed by atoms with E-state index in [1.165, 1.54) is 42.5 Å². The lowest BCUT2D eigenvalue weighted by atomic mass is 9.49. The molecule has 0 unspecified atom stereocenters. The summed E-state index contributed by atoms with van der Waals surface area (Å²) in [5, 5.41) is 30.8. The number of fused-ring (bicyclic) bond motifs is 4. The number of benzene rings is 4. The number of halogens is 2. The van der Waals surface area contributed by atoms with E-state index >= 15 is 4.79 Å². The van der Waals surface area contributed by atoms with Crippen molar-refractivity contribution in [2.24, 2.45) is 23.7 Å². The second-order valence-corrected chi connectivity index (χ2v) is 14.4. The SMILES string of the molecule is O=C1[C@@H]2C[C@@H]3C(=CC[C@@H]4C(=O)N(c5cccc(B(O)O)c5)C(=O)[C@@H]43)[C@H](c3ccccc3OCCO)[C@]2(c2ccc(Cl)cc2)C(=O)N1Nc1ccc(F)cc1. The first-order valence-corrected chi connectivity index (χ1v) is 18.0. The number of aliphatic hydroxyl groups excluding tert-OH is 1. The third-order valence-electron chi connectivity index (χ3n) is 11.3. The van der Waals surface area contributed by atoms with Crippen molar-refractivity contribution in [2.75, 3.05) is 23.5 Å². The van der Waals surface area contributed by atoms with Crippen molar-refractivity contribution in [3.8, 4) is 5.75 Å². The number of carbonyl (C=O) groups is 4. The van der Waals surface area contributed by atoms with Crippen LogP contribution in [0.2, 0.25) is 5.02 Å². The van der Waals surface area contributed by atoms with E-state index in [4.69, 9.17) is 16.3 Å². The summed E-state index contributed by atoms with van der Waals surface area (Å²) in [7, 11) is -1.82. The quantitative estimate of drug-likeness (QED) is 0.114. The lowest BCUT2D eigenvalue weighted by Gasteiger charge is -2.50. The molecule has 11 nitrogen and oxygen atoms in total. The summed E-state index contributed by atoms with van der Waals surface area (Å²) >= 11 is 6.37. The zero-order valence-corrected chi connectivity index (χ0v) is 29.4. The van der Waals surface area contributed by atoms with Crippen LogP contribution in [0.15, 0.2) is 109 Å². The summed E-state index contributed by atoms with van der Waals surface area (Å²) in [5.74, 6) is -6.56. The van der Waals surface area contributed by atoms with E-state index < -0.39 is 71.6 Å². The molecule has 4 aromatic rings. The predicted octanol–water partition coefficient (Wildman–Crippen LogP) is 3.72. The Labute approximate surface area is 314 Å². The molecule has 2 heterocycles. The molecule has 8 rings (SSSR count). The number of rotatable bonds is 9. The van der Waals surface area contributed by atoms with Gasteiger partial charge >= 0.3 is 7.12 Å². The smallest absolute Gasteiger partial charge is 0.488 e. The van der Waals surface area contributed by atoms with Crippen LogP contribution in [0.25, 0.3) is 0 Å². The summed E-state index contributed by atoms with van der Waals surface area (Å²) in [4.78, 5) is 59.9. The summed E-state index contributed by atoms with van der Waals surface area (Å²) in [6.45, 7) is -0.338. The van der Waals surface area contributed by atoms with Crippen LogP contribution in [0.4, 0.5) is 15.8 Å². The Morgan fingerprint density at radius 3 is 2.35 bits per heavy atom. The van der Waals surface area contributed by atoms with Crippen molar-refractivity contribution in [3.05, 3.63) is 131 Å². The number of hydrogen-bond donors (Lipinski definition) is 4. The Kier molecular flexibility index (Phi) is 9.13. The van der Waals surface area contributed by atoms with E-state index in [1.807, 2.05) is 6.08 Å². The van der Waals surface area contributed by atoms with Gasteiger partial charge in [-0.2, -0.15) is 5.01 Å². The maximum atomic E-state index is 15.3. The van der Waals surface area contributed by atoms with E-state index in [2.05, 4.69) is 5.43 Å². The van der Waals surface area contributed by atoms with Crippen LogP contribution in [0.5, 0.6) is 5.75 Å². The molecule has 14 heteroatoms. The summed E-state index contributed by atoms with van der Waals surface area (Å²) in [6, 6.07) is 25.0. The topological polar surface area (TPSA) is 157 Å². The molecule has 0 radical (unpaired) electrons. The van der Waals surface area contributed by atoms with Crippen molar-refractivity contribution in [1.82, 2.24) is 5.01 Å². The van der Waals surface area contributed by atoms with Crippen molar-refractivity contribution in [3.63, 3.8) is 0 Å². The molecule has 4 N–H and O–H groups in total. The largest absolute Gasteiger partial charge is 0.491 e. The van der Waals surface area contributed by atoms with Gasteiger partial charge < -0.3 is 19.9 Å². The summed E-state index contributed by atoms with van der Waals surface area (Å²) < 4.78 is 20.0. The summed E-state index contributed by atoms with van der Waals surface area (Å²) in [6.07, 6.45) is 2.10. The number of carbonyl (C=O) groups excluding carboxylic acids is 4. The molecular formula is C40H34BClFN3O8. The first kappa shape index (κ1) is 35.7. The van der Waals surface area contributed by atoms with Gasteiger partial charge in [0.05, 0.1) is 41.2 Å². The van der Waals surface area contributed by atoms with Gasteiger partial charge in [-0.25, -0.2) is 4.39 Å². The van der Waals surface area contributed by atoms with E-state index in [0.717, 1.165) is 9.91 Å². The first-order chi connectivity index (χ1) is 26.1. The van der Waals surface area contributed by atoms with Crippen LogP contribution in [-0.2, 0) is 24.6 Å². The van der Waals surface area contributed by atoms with Crippen molar-refractivity contribution >= 4 is 59.2 Å². The van der Waals surface area contributed by atoms with Gasteiger partial charge in [0.25, 0.3) is 11.8 Å². The minimum Gasteiger partial charge on any atom is -0.491 e. The Hall–Kier alpha value is -5.34. The lowest BCUT2D eigenvalue weighted by Crippen LogP contribution is -2.53. The van der Waals surface area contributed by atoms with Crippen LogP contribution in [0, 0.1) is 29.5 Å². The minimum atomic E-state index is -1.82. The Morgan fingerprint density at radius 2 is 1.63 bits per heavy atom. The lowest BCUT2D eigenvalue weighted by molar-refractivity contribution is -0.138. The molecule has 2 aliphatic heterocycles. The second kappa shape index (κ2) is 13.8. The van der Waals surface area contributed by atoms with Crippen LogP contribution in [0.1, 0.15) is 29.9 Å². The Bertz CT molecular complexity index is 2200. The zero-order valence-electron chi connectivity index (χ0n) is 28.6. The number of imide groups is 2. The predicted molar refractivity (Wildman–Crippen MR) is 197 cm³/mol. The Balaban J connectivity index is 1.32. The molecule has 0 spiro atoms. The fourth-order valence-corrected chi connectivity index (χ4v) is 9.21.